The predicted molar refractivity (Wildman–Crippen MR) is 65.1 cm³/mol. The summed E-state index contributed by atoms with van der Waals surface area (Å²) in [4.78, 5) is 0. The van der Waals surface area contributed by atoms with Crippen LogP contribution in [0.4, 0.5) is 0 Å². The van der Waals surface area contributed by atoms with Crippen molar-refractivity contribution in [3.63, 3.8) is 0 Å². The van der Waals surface area contributed by atoms with E-state index in [4.69, 9.17) is 4.74 Å². The summed E-state index contributed by atoms with van der Waals surface area (Å²) < 4.78 is 5.75. The molecule has 0 aromatic rings. The molecule has 1 saturated carbocycles. The van der Waals surface area contributed by atoms with Crippen molar-refractivity contribution in [2.24, 2.45) is 5.92 Å². The van der Waals surface area contributed by atoms with Crippen molar-refractivity contribution >= 4 is 0 Å². The van der Waals surface area contributed by atoms with Crippen LogP contribution in [0.2, 0.25) is 0 Å². The first-order chi connectivity index (χ1) is 7.29. The molecule has 0 aliphatic heterocycles. The molecule has 0 spiro atoms. The van der Waals surface area contributed by atoms with Gasteiger partial charge < -0.3 is 10.1 Å². The topological polar surface area (TPSA) is 21.3 Å². The zero-order chi connectivity index (χ0) is 11.1. The van der Waals surface area contributed by atoms with Gasteiger partial charge in [0.25, 0.3) is 0 Å². The van der Waals surface area contributed by atoms with Gasteiger partial charge in [0, 0.05) is 12.6 Å². The van der Waals surface area contributed by atoms with Gasteiger partial charge in [-0.1, -0.05) is 26.2 Å². The number of ether oxygens (including phenoxy) is 1. The largest absolute Gasteiger partial charge is 0.377 e. The highest BCUT2D eigenvalue weighted by Crippen LogP contribution is 2.28. The summed E-state index contributed by atoms with van der Waals surface area (Å²) in [5, 5.41) is 3.61. The second kappa shape index (κ2) is 7.24. The molecule has 1 aliphatic rings. The lowest BCUT2D eigenvalue weighted by Gasteiger charge is -2.34. The minimum Gasteiger partial charge on any atom is -0.377 e. The number of hydrogen-bond donors (Lipinski definition) is 1. The molecule has 1 fully saturated rings. The van der Waals surface area contributed by atoms with Crippen LogP contribution >= 0.6 is 0 Å². The lowest BCUT2D eigenvalue weighted by molar-refractivity contribution is 0.0242. The molecule has 15 heavy (non-hydrogen) atoms. The maximum atomic E-state index is 5.75. The van der Waals surface area contributed by atoms with Crippen LogP contribution in [-0.2, 0) is 4.74 Å². The Hall–Kier alpha value is -0.0800. The average Bonchev–Trinajstić information content (AvgIpc) is 2.27. The van der Waals surface area contributed by atoms with E-state index in [1.165, 1.54) is 32.1 Å². The smallest absolute Gasteiger partial charge is 0.0702 e. The van der Waals surface area contributed by atoms with Crippen LogP contribution in [0, 0.1) is 5.92 Å². The molecule has 1 N–H and O–H groups in total. The SMILES string of the molecule is CCNC(C1CCCCC1)C(C)OCC. The highest BCUT2D eigenvalue weighted by atomic mass is 16.5. The molecule has 2 atom stereocenters. The molecular formula is C13H27NO. The Labute approximate surface area is 94.8 Å². The summed E-state index contributed by atoms with van der Waals surface area (Å²) in [6.07, 6.45) is 7.37. The Morgan fingerprint density at radius 2 is 1.87 bits per heavy atom. The van der Waals surface area contributed by atoms with Gasteiger partial charge in [0.05, 0.1) is 6.10 Å². The molecule has 1 rings (SSSR count). The van der Waals surface area contributed by atoms with Crippen LogP contribution in [0.15, 0.2) is 0 Å². The Balaban J connectivity index is 2.46. The molecule has 0 amide bonds. The van der Waals surface area contributed by atoms with Gasteiger partial charge in [-0.15, -0.1) is 0 Å². The maximum absolute atomic E-state index is 5.75. The average molecular weight is 213 g/mol. The van der Waals surface area contributed by atoms with Gasteiger partial charge in [-0.3, -0.25) is 0 Å². The number of hydrogen-bond acceptors (Lipinski definition) is 2. The lowest BCUT2D eigenvalue weighted by atomic mass is 9.82. The molecule has 90 valence electrons. The minimum atomic E-state index is 0.359. The second-order valence-electron chi connectivity index (χ2n) is 4.64. The molecule has 0 aromatic carbocycles. The zero-order valence-corrected chi connectivity index (χ0v) is 10.6. The minimum absolute atomic E-state index is 0.359. The Morgan fingerprint density at radius 3 is 2.40 bits per heavy atom. The fourth-order valence-electron chi connectivity index (χ4n) is 2.81. The quantitative estimate of drug-likeness (QED) is 0.732. The molecule has 0 bridgehead atoms. The van der Waals surface area contributed by atoms with E-state index in [0.717, 1.165) is 19.1 Å². The molecule has 2 nitrogen and oxygen atoms in total. The fraction of sp³-hybridized carbons (Fsp3) is 1.00. The third-order valence-electron chi connectivity index (χ3n) is 3.53. The Bertz CT molecular complexity index is 155. The molecule has 0 radical (unpaired) electrons. The predicted octanol–water partition coefficient (Wildman–Crippen LogP) is 2.97. The van der Waals surface area contributed by atoms with E-state index in [-0.39, 0.29) is 0 Å². The Morgan fingerprint density at radius 1 is 1.20 bits per heavy atom. The van der Waals surface area contributed by atoms with E-state index in [1.54, 1.807) is 0 Å². The molecule has 0 aromatic heterocycles. The summed E-state index contributed by atoms with van der Waals surface area (Å²) in [5.41, 5.74) is 0. The normalized spacial score (nSPS) is 22.6. The van der Waals surface area contributed by atoms with Crippen LogP contribution in [0.1, 0.15) is 52.9 Å². The van der Waals surface area contributed by atoms with Crippen molar-refractivity contribution in [1.29, 1.82) is 0 Å². The van der Waals surface area contributed by atoms with E-state index < -0.39 is 0 Å². The standard InChI is InChI=1S/C13H27NO/c1-4-14-13(11(3)15-5-2)12-9-7-6-8-10-12/h11-14H,4-10H2,1-3H3. The van der Waals surface area contributed by atoms with Gasteiger partial charge in [0.1, 0.15) is 0 Å². The number of likely N-dealkylation sites (N-methyl/N-ethyl adjacent to an activating group) is 1. The zero-order valence-electron chi connectivity index (χ0n) is 10.6. The van der Waals surface area contributed by atoms with E-state index in [9.17, 15) is 0 Å². The summed E-state index contributed by atoms with van der Waals surface area (Å²) in [6, 6.07) is 0.565. The van der Waals surface area contributed by atoms with Gasteiger partial charge in [0.15, 0.2) is 0 Å². The fourth-order valence-corrected chi connectivity index (χ4v) is 2.81. The van der Waals surface area contributed by atoms with Gasteiger partial charge in [-0.2, -0.15) is 0 Å². The van der Waals surface area contributed by atoms with E-state index in [0.29, 0.717) is 12.1 Å². The first-order valence-electron chi connectivity index (χ1n) is 6.64. The molecule has 1 aliphatic carbocycles. The van der Waals surface area contributed by atoms with Crippen LogP contribution in [0.3, 0.4) is 0 Å². The van der Waals surface area contributed by atoms with E-state index >= 15 is 0 Å². The monoisotopic (exact) mass is 213 g/mol. The molecule has 2 unspecified atom stereocenters. The van der Waals surface area contributed by atoms with Crippen molar-refractivity contribution in [2.45, 2.75) is 65.0 Å². The van der Waals surface area contributed by atoms with Crippen LogP contribution in [0.25, 0.3) is 0 Å². The van der Waals surface area contributed by atoms with Gasteiger partial charge in [-0.05, 0) is 39.2 Å². The summed E-state index contributed by atoms with van der Waals surface area (Å²) >= 11 is 0. The highest BCUT2D eigenvalue weighted by molar-refractivity contribution is 4.83. The third kappa shape index (κ3) is 4.12. The van der Waals surface area contributed by atoms with Crippen molar-refractivity contribution in [3.05, 3.63) is 0 Å². The first-order valence-corrected chi connectivity index (χ1v) is 6.64. The highest BCUT2D eigenvalue weighted by Gasteiger charge is 2.27. The van der Waals surface area contributed by atoms with Gasteiger partial charge >= 0.3 is 0 Å². The van der Waals surface area contributed by atoms with Gasteiger partial charge in [0.2, 0.25) is 0 Å². The molecule has 0 heterocycles. The molecule has 2 heteroatoms. The van der Waals surface area contributed by atoms with Crippen molar-refractivity contribution in [1.82, 2.24) is 5.32 Å². The second-order valence-corrected chi connectivity index (χ2v) is 4.64. The first kappa shape index (κ1) is 13.0. The van der Waals surface area contributed by atoms with Crippen molar-refractivity contribution in [3.8, 4) is 0 Å². The van der Waals surface area contributed by atoms with Crippen LogP contribution in [-0.4, -0.2) is 25.3 Å². The molecular weight excluding hydrogens is 186 g/mol. The summed E-state index contributed by atoms with van der Waals surface area (Å²) in [7, 11) is 0. The van der Waals surface area contributed by atoms with Crippen molar-refractivity contribution < 1.29 is 4.74 Å². The van der Waals surface area contributed by atoms with Crippen LogP contribution in [0.5, 0.6) is 0 Å². The van der Waals surface area contributed by atoms with E-state index in [2.05, 4.69) is 26.1 Å². The maximum Gasteiger partial charge on any atom is 0.0702 e. The lowest BCUT2D eigenvalue weighted by Crippen LogP contribution is -2.46. The summed E-state index contributed by atoms with van der Waals surface area (Å²) in [6.45, 7) is 8.37. The van der Waals surface area contributed by atoms with Crippen LogP contribution < -0.4 is 5.32 Å². The van der Waals surface area contributed by atoms with E-state index in [1.807, 2.05) is 0 Å². The van der Waals surface area contributed by atoms with Crippen molar-refractivity contribution in [2.75, 3.05) is 13.2 Å². The third-order valence-corrected chi connectivity index (χ3v) is 3.53. The summed E-state index contributed by atoms with van der Waals surface area (Å²) in [5.74, 6) is 0.834. The molecule has 0 saturated heterocycles. The number of rotatable bonds is 6. The van der Waals surface area contributed by atoms with Gasteiger partial charge in [-0.25, -0.2) is 0 Å². The Kier molecular flexibility index (Phi) is 6.26. The number of nitrogens with one attached hydrogen (secondary N) is 1.